The van der Waals surface area contributed by atoms with Crippen LogP contribution >= 0.6 is 23.8 Å². The molecule has 3 aromatic carbocycles. The van der Waals surface area contributed by atoms with E-state index in [0.717, 1.165) is 0 Å². The highest BCUT2D eigenvalue weighted by atomic mass is 35.5. The average Bonchev–Trinajstić information content (AvgIpc) is 3.56. The number of carbonyl (C=O) groups excluding carboxylic acids is 7. The second-order valence-electron chi connectivity index (χ2n) is 14.4. The predicted octanol–water partition coefficient (Wildman–Crippen LogP) is 5.68. The number of fused-ring (bicyclic) bond motifs is 1. The van der Waals surface area contributed by atoms with Gasteiger partial charge in [0, 0.05) is 41.8 Å². The van der Waals surface area contributed by atoms with Gasteiger partial charge in [0.15, 0.2) is 0 Å². The molecule has 0 spiro atoms. The molecule has 19 heteroatoms. The Morgan fingerprint density at radius 2 is 1.55 bits per heavy atom. The van der Waals surface area contributed by atoms with E-state index in [4.69, 9.17) is 42.5 Å². The second kappa shape index (κ2) is 21.7. The molecule has 4 aromatic rings. The van der Waals surface area contributed by atoms with E-state index in [2.05, 4.69) is 26.3 Å². The summed E-state index contributed by atoms with van der Waals surface area (Å²) in [6.45, 7) is 4.85. The van der Waals surface area contributed by atoms with Gasteiger partial charge in [-0.3, -0.25) is 29.3 Å². The van der Waals surface area contributed by atoms with Crippen molar-refractivity contribution >= 4 is 92.7 Å². The summed E-state index contributed by atoms with van der Waals surface area (Å²) < 4.78 is 16.7. The highest BCUT2D eigenvalue weighted by molar-refractivity contribution is 7.80. The van der Waals surface area contributed by atoms with Gasteiger partial charge in [0.2, 0.25) is 23.3 Å². The van der Waals surface area contributed by atoms with Crippen molar-refractivity contribution in [2.45, 2.75) is 78.0 Å². The maximum atomic E-state index is 13.1. The van der Waals surface area contributed by atoms with Crippen molar-refractivity contribution in [2.24, 2.45) is 10.9 Å². The van der Waals surface area contributed by atoms with E-state index in [0.29, 0.717) is 49.3 Å². The summed E-state index contributed by atoms with van der Waals surface area (Å²) in [5.41, 5.74) is 2.53. The molecule has 1 aromatic heterocycles. The molecular weight excluding hydrogens is 844 g/mol. The smallest absolute Gasteiger partial charge is 0.412 e. The topological polar surface area (TPSA) is 224 Å². The molecule has 0 saturated carbocycles. The number of anilines is 1. The van der Waals surface area contributed by atoms with Gasteiger partial charge < -0.3 is 34.7 Å². The van der Waals surface area contributed by atoms with Crippen LogP contribution in [-0.2, 0) is 44.9 Å². The summed E-state index contributed by atoms with van der Waals surface area (Å²) in [5, 5.41) is 12.2. The molecule has 2 atom stereocenters. The average molecular weight is 889 g/mol. The first kappa shape index (κ1) is 46.4. The van der Waals surface area contributed by atoms with Crippen LogP contribution in [0.3, 0.4) is 0 Å². The number of rotatable bonds is 17. The number of ether oxygens (including phenoxy) is 2. The van der Waals surface area contributed by atoms with Crippen LogP contribution in [0.25, 0.3) is 11.0 Å². The molecule has 0 bridgehead atoms. The lowest BCUT2D eigenvalue weighted by Crippen LogP contribution is -2.53. The summed E-state index contributed by atoms with van der Waals surface area (Å²) >= 11 is 11.8. The Bertz CT molecular complexity index is 2410. The zero-order valence-electron chi connectivity index (χ0n) is 34.3. The molecule has 2 heterocycles. The van der Waals surface area contributed by atoms with Crippen LogP contribution in [0.2, 0.25) is 5.02 Å². The molecule has 1 aliphatic rings. The molecule has 4 N–H and O–H groups in total. The molecule has 0 unspecified atom stereocenters. The van der Waals surface area contributed by atoms with Crippen molar-refractivity contribution < 1.29 is 52.3 Å². The lowest BCUT2D eigenvalue weighted by atomic mass is 10.0. The zero-order valence-corrected chi connectivity index (χ0v) is 35.9. The van der Waals surface area contributed by atoms with Gasteiger partial charge in [-0.1, -0.05) is 49.8 Å². The molecule has 17 nitrogen and oxygen atoms in total. The minimum atomic E-state index is -0.978. The third-order valence-electron chi connectivity index (χ3n) is 9.31. The molecule has 0 radical (unpaired) electrons. The summed E-state index contributed by atoms with van der Waals surface area (Å²) in [4.78, 5) is 96.3. The number of nitrogens with zero attached hydrogens (tertiary/aromatic N) is 2. The molecule has 62 heavy (non-hydrogen) atoms. The number of unbranched alkanes of at least 4 members (excludes halogenated alkanes) is 1. The van der Waals surface area contributed by atoms with Crippen LogP contribution in [-0.4, -0.2) is 70.8 Å². The van der Waals surface area contributed by atoms with Gasteiger partial charge in [-0.25, -0.2) is 14.6 Å². The lowest BCUT2D eigenvalue weighted by Gasteiger charge is -2.24. The van der Waals surface area contributed by atoms with Gasteiger partial charge in [-0.2, -0.15) is 0 Å². The number of thiocarbonyl (C=S) groups is 1. The highest BCUT2D eigenvalue weighted by Crippen LogP contribution is 2.22. The Morgan fingerprint density at radius 3 is 2.21 bits per heavy atom. The van der Waals surface area contributed by atoms with Crippen molar-refractivity contribution in [1.29, 1.82) is 0 Å². The maximum absolute atomic E-state index is 13.1. The molecule has 1 fully saturated rings. The van der Waals surface area contributed by atoms with E-state index in [-0.39, 0.29) is 61.6 Å². The number of nitrogens with one attached hydrogen (secondary N) is 4. The first-order valence-electron chi connectivity index (χ1n) is 19.6. The number of methoxy groups -OCH3 is 1. The SMILES string of the molecule is COc1ccc(N=c2oc3ccc(Cl)cc3cc2C(=S)NC(=O)OCc2ccc(NC(=O)[C@H](C)NC(=O)[C@H](NC(=O)CCCCC(=O)ON3C(=O)CCC3=O)C(C)C)cc2)cc1. The quantitative estimate of drug-likeness (QED) is 0.0571. The Kier molecular flexibility index (Phi) is 16.3. The van der Waals surface area contributed by atoms with E-state index in [1.54, 1.807) is 93.8 Å². The molecule has 6 amide bonds. The molecule has 0 aliphatic carbocycles. The van der Waals surface area contributed by atoms with Crippen LogP contribution in [0, 0.1) is 5.92 Å². The fraction of sp³-hybridized carbons (Fsp3) is 0.326. The molecule has 1 aliphatic heterocycles. The van der Waals surface area contributed by atoms with E-state index in [1.807, 2.05) is 0 Å². The largest absolute Gasteiger partial charge is 0.497 e. The summed E-state index contributed by atoms with van der Waals surface area (Å²) in [6.07, 6.45) is -0.425. The Balaban J connectivity index is 1.07. The van der Waals surface area contributed by atoms with Crippen molar-refractivity contribution in [3.05, 3.63) is 94.5 Å². The first-order valence-corrected chi connectivity index (χ1v) is 20.3. The number of alkyl carbamates (subject to hydrolysis) is 1. The Labute approximate surface area is 366 Å². The number of benzene rings is 3. The van der Waals surface area contributed by atoms with Crippen molar-refractivity contribution in [1.82, 2.24) is 21.0 Å². The van der Waals surface area contributed by atoms with E-state index in [9.17, 15) is 33.6 Å². The van der Waals surface area contributed by atoms with Gasteiger partial charge >= 0.3 is 12.1 Å². The third kappa shape index (κ3) is 13.2. The number of hydrogen-bond acceptors (Lipinski definition) is 13. The maximum Gasteiger partial charge on any atom is 0.412 e. The normalized spacial score (nSPS) is 13.6. The first-order chi connectivity index (χ1) is 29.6. The number of imide groups is 1. The fourth-order valence-electron chi connectivity index (χ4n) is 5.91. The van der Waals surface area contributed by atoms with Crippen LogP contribution in [0.5, 0.6) is 5.75 Å². The fourth-order valence-corrected chi connectivity index (χ4v) is 6.32. The van der Waals surface area contributed by atoms with Gasteiger partial charge in [-0.05, 0) is 91.9 Å². The van der Waals surface area contributed by atoms with Crippen molar-refractivity contribution in [2.75, 3.05) is 12.4 Å². The molecular formula is C43H45ClN6O11S. The summed E-state index contributed by atoms with van der Waals surface area (Å²) in [7, 11) is 1.56. The number of carbonyl (C=O) groups is 7. The van der Waals surface area contributed by atoms with Crippen LogP contribution in [0.1, 0.15) is 70.4 Å². The predicted molar refractivity (Wildman–Crippen MR) is 230 cm³/mol. The monoisotopic (exact) mass is 888 g/mol. The van der Waals surface area contributed by atoms with Crippen LogP contribution in [0.15, 0.2) is 82.2 Å². The number of amides is 6. The third-order valence-corrected chi connectivity index (χ3v) is 9.87. The van der Waals surface area contributed by atoms with E-state index >= 15 is 0 Å². The number of halogens is 1. The zero-order chi connectivity index (χ0) is 44.9. The van der Waals surface area contributed by atoms with E-state index in [1.165, 1.54) is 6.92 Å². The lowest BCUT2D eigenvalue weighted by molar-refractivity contribution is -0.197. The number of hydrogen-bond donors (Lipinski definition) is 4. The van der Waals surface area contributed by atoms with Crippen LogP contribution in [0.4, 0.5) is 16.2 Å². The molecule has 1 saturated heterocycles. The molecule has 5 rings (SSSR count). The standard InChI is InChI=1S/C43H45ClN6O11S/c1-24(2)38(48-34(51)7-5-6-8-37(54)61-50-35(52)19-20-36(50)53)40(56)45-25(3)39(55)46-29-12-9-26(10-13-29)23-59-43(57)49-42(62)32-22-27-21-28(44)11-18-33(27)60-41(32)47-30-14-16-31(58-4)17-15-30/h9-18,21-22,24-25,38H,5-8,19-20,23H2,1-4H3,(H,45,56)(H,46,55)(H,48,51)(H,49,57,62)/t25-,38+/m0/s1. The number of hydroxylamine groups is 2. The van der Waals surface area contributed by atoms with Gasteiger partial charge in [0.1, 0.15) is 35.0 Å². The Morgan fingerprint density at radius 1 is 0.871 bits per heavy atom. The van der Waals surface area contributed by atoms with Crippen molar-refractivity contribution in [3.63, 3.8) is 0 Å². The highest BCUT2D eigenvalue weighted by Gasteiger charge is 2.33. The van der Waals surface area contributed by atoms with Gasteiger partial charge in [-0.15, -0.1) is 5.06 Å². The minimum Gasteiger partial charge on any atom is -0.497 e. The summed E-state index contributed by atoms with van der Waals surface area (Å²) in [6, 6.07) is 18.3. The summed E-state index contributed by atoms with van der Waals surface area (Å²) in [5.74, 6) is -3.10. The van der Waals surface area contributed by atoms with Gasteiger partial charge in [0.25, 0.3) is 11.8 Å². The Hall–Kier alpha value is -6.66. The second-order valence-corrected chi connectivity index (χ2v) is 15.3. The minimum absolute atomic E-state index is 0.000191. The molecule has 326 valence electrons. The van der Waals surface area contributed by atoms with Gasteiger partial charge in [0.05, 0.1) is 18.4 Å². The van der Waals surface area contributed by atoms with Crippen molar-refractivity contribution in [3.8, 4) is 5.75 Å². The van der Waals surface area contributed by atoms with Crippen LogP contribution < -0.4 is 31.6 Å². The van der Waals surface area contributed by atoms with E-state index < -0.39 is 53.7 Å².